The third-order valence-electron chi connectivity index (χ3n) is 7.28. The highest BCUT2D eigenvalue weighted by Crippen LogP contribution is 2.31. The molecule has 0 saturated carbocycles. The first-order valence-electron chi connectivity index (χ1n) is 14.0. The molecule has 1 atom stereocenters. The summed E-state index contributed by atoms with van der Waals surface area (Å²) in [6.45, 7) is 4.72. The van der Waals surface area contributed by atoms with Crippen LogP contribution in [0.2, 0.25) is 0 Å². The van der Waals surface area contributed by atoms with Gasteiger partial charge < -0.3 is 20.7 Å². The Bertz CT molecular complexity index is 1700. The van der Waals surface area contributed by atoms with Crippen LogP contribution in [0.25, 0.3) is 11.3 Å². The van der Waals surface area contributed by atoms with Crippen LogP contribution in [0.1, 0.15) is 45.3 Å². The van der Waals surface area contributed by atoms with Gasteiger partial charge in [-0.25, -0.2) is 9.97 Å². The average molecular weight is 609 g/mol. The topological polar surface area (TPSA) is 150 Å². The van der Waals surface area contributed by atoms with Crippen LogP contribution in [0.15, 0.2) is 66.7 Å². The molecule has 2 amide bonds. The van der Waals surface area contributed by atoms with Gasteiger partial charge >= 0.3 is 0 Å². The number of pyridine rings is 1. The van der Waals surface area contributed by atoms with E-state index < -0.39 is 5.25 Å². The minimum Gasteiger partial charge on any atom is -0.497 e. The molecule has 0 aliphatic carbocycles. The molecule has 2 aromatic carbocycles. The number of rotatable bonds is 8. The summed E-state index contributed by atoms with van der Waals surface area (Å²) in [5, 5.41) is 11.9. The molecule has 2 aromatic heterocycles. The summed E-state index contributed by atoms with van der Waals surface area (Å²) in [4.78, 5) is 42.3. The van der Waals surface area contributed by atoms with E-state index in [1.165, 1.54) is 6.92 Å². The van der Waals surface area contributed by atoms with E-state index >= 15 is 0 Å². The maximum atomic E-state index is 12.9. The number of amides is 2. The summed E-state index contributed by atoms with van der Waals surface area (Å²) in [5.74, 6) is 0.916. The lowest BCUT2D eigenvalue weighted by atomic mass is 10.1. The fourth-order valence-electron chi connectivity index (χ4n) is 4.98. The van der Waals surface area contributed by atoms with Gasteiger partial charge in [0.15, 0.2) is 0 Å². The minimum atomic E-state index is -0.596. The number of anilines is 2. The van der Waals surface area contributed by atoms with Crippen molar-refractivity contribution < 1.29 is 14.3 Å². The number of ether oxygens (including phenoxy) is 1. The SMILES string of the molecule is COc1ccc(C(=O)N2CCN(Cc3cccc(C(S)c4nc(N)c(C#N)c(-c5ccc(NC(C)=O)cc5)n4)n3)CC2)cc1. The van der Waals surface area contributed by atoms with E-state index in [9.17, 15) is 14.9 Å². The lowest BCUT2D eigenvalue weighted by Gasteiger charge is -2.34. The monoisotopic (exact) mass is 608 g/mol. The molecule has 224 valence electrons. The Balaban J connectivity index is 1.27. The van der Waals surface area contributed by atoms with Crippen molar-refractivity contribution in [1.29, 1.82) is 5.26 Å². The van der Waals surface area contributed by atoms with E-state index in [4.69, 9.17) is 28.1 Å². The number of nitrogens with two attached hydrogens (primary N) is 1. The smallest absolute Gasteiger partial charge is 0.253 e. The number of methoxy groups -OCH3 is 1. The molecular formula is C32H32N8O3S. The molecule has 4 aromatic rings. The van der Waals surface area contributed by atoms with E-state index in [1.807, 2.05) is 23.1 Å². The molecule has 1 saturated heterocycles. The van der Waals surface area contributed by atoms with Gasteiger partial charge in [-0.05, 0) is 48.5 Å². The molecular weight excluding hydrogens is 576 g/mol. The molecule has 3 N–H and O–H groups in total. The Labute approximate surface area is 261 Å². The summed E-state index contributed by atoms with van der Waals surface area (Å²) in [7, 11) is 1.60. The second kappa shape index (κ2) is 13.5. The number of nitriles is 1. The number of piperazine rings is 1. The lowest BCUT2D eigenvalue weighted by molar-refractivity contribution is -0.114. The third-order valence-corrected chi connectivity index (χ3v) is 7.78. The van der Waals surface area contributed by atoms with Crippen LogP contribution >= 0.6 is 12.6 Å². The van der Waals surface area contributed by atoms with Crippen LogP contribution in [0.3, 0.4) is 0 Å². The molecule has 11 nitrogen and oxygen atoms in total. The highest BCUT2D eigenvalue weighted by atomic mass is 32.1. The maximum absolute atomic E-state index is 12.9. The van der Waals surface area contributed by atoms with Crippen LogP contribution in [0.4, 0.5) is 11.5 Å². The van der Waals surface area contributed by atoms with Gasteiger partial charge in [-0.15, -0.1) is 0 Å². The van der Waals surface area contributed by atoms with Crippen molar-refractivity contribution in [2.75, 3.05) is 44.3 Å². The third kappa shape index (κ3) is 6.96. The molecule has 0 spiro atoms. The largest absolute Gasteiger partial charge is 0.497 e. The van der Waals surface area contributed by atoms with Crippen LogP contribution in [-0.2, 0) is 11.3 Å². The Morgan fingerprint density at radius 2 is 1.73 bits per heavy atom. The summed E-state index contributed by atoms with van der Waals surface area (Å²) in [5.41, 5.74) is 10.2. The number of nitrogens with one attached hydrogen (secondary N) is 1. The Hall–Kier alpha value is -4.99. The van der Waals surface area contributed by atoms with Crippen molar-refractivity contribution in [3.8, 4) is 23.1 Å². The number of carbonyl (C=O) groups is 2. The zero-order valence-electron chi connectivity index (χ0n) is 24.4. The van der Waals surface area contributed by atoms with E-state index in [-0.39, 0.29) is 23.2 Å². The van der Waals surface area contributed by atoms with Crippen molar-refractivity contribution in [2.24, 2.45) is 0 Å². The number of aromatic nitrogens is 3. The van der Waals surface area contributed by atoms with Crippen molar-refractivity contribution in [3.63, 3.8) is 0 Å². The minimum absolute atomic E-state index is 0.00932. The first-order valence-corrected chi connectivity index (χ1v) is 14.5. The second-order valence-corrected chi connectivity index (χ2v) is 10.8. The van der Waals surface area contributed by atoms with Gasteiger partial charge in [-0.2, -0.15) is 17.9 Å². The lowest BCUT2D eigenvalue weighted by Crippen LogP contribution is -2.48. The van der Waals surface area contributed by atoms with E-state index in [0.717, 1.165) is 18.8 Å². The zero-order chi connectivity index (χ0) is 31.2. The van der Waals surface area contributed by atoms with Gasteiger partial charge in [0.1, 0.15) is 34.3 Å². The number of hydrogen-bond donors (Lipinski definition) is 3. The number of carbonyl (C=O) groups excluding carboxylic acids is 2. The molecule has 1 fully saturated rings. The van der Waals surface area contributed by atoms with Crippen molar-refractivity contribution in [2.45, 2.75) is 18.7 Å². The molecule has 1 aliphatic rings. The van der Waals surface area contributed by atoms with Crippen molar-refractivity contribution in [3.05, 3.63) is 95.1 Å². The van der Waals surface area contributed by atoms with Gasteiger partial charge in [0.2, 0.25) is 5.91 Å². The molecule has 0 radical (unpaired) electrons. The molecule has 12 heteroatoms. The van der Waals surface area contributed by atoms with Crippen LogP contribution in [-0.4, -0.2) is 69.9 Å². The zero-order valence-corrected chi connectivity index (χ0v) is 25.3. The first kappa shape index (κ1) is 30.5. The molecule has 1 unspecified atom stereocenters. The predicted molar refractivity (Wildman–Crippen MR) is 170 cm³/mol. The standard InChI is InChI=1S/C32H32N8O3S/c1-20(41)35-23-10-6-21(7-11-23)28-26(18-33)30(34)38-31(37-28)29(44)27-5-3-4-24(36-27)19-39-14-16-40(17-15-39)32(42)22-8-12-25(43-2)13-9-22/h3-13,29,44H,14-17,19H2,1-2H3,(H,35,41)(H2,34,37,38). The molecule has 1 aliphatic heterocycles. The molecule has 44 heavy (non-hydrogen) atoms. The van der Waals surface area contributed by atoms with E-state index in [1.54, 1.807) is 55.6 Å². The van der Waals surface area contributed by atoms with Crippen molar-refractivity contribution in [1.82, 2.24) is 24.8 Å². The highest BCUT2D eigenvalue weighted by molar-refractivity contribution is 7.80. The normalized spacial score (nSPS) is 14.0. The fraction of sp³-hybridized carbons (Fsp3) is 0.250. The number of thiol groups is 1. The molecule has 0 bridgehead atoms. The fourth-order valence-corrected chi connectivity index (χ4v) is 5.24. The Morgan fingerprint density at radius 1 is 1.02 bits per heavy atom. The quantitative estimate of drug-likeness (QED) is 0.253. The number of benzene rings is 2. The van der Waals surface area contributed by atoms with Gasteiger partial charge in [0.25, 0.3) is 5.91 Å². The van der Waals surface area contributed by atoms with Gasteiger partial charge in [-0.1, -0.05) is 18.2 Å². The predicted octanol–water partition coefficient (Wildman–Crippen LogP) is 3.94. The summed E-state index contributed by atoms with van der Waals surface area (Å²) >= 11 is 4.79. The van der Waals surface area contributed by atoms with Gasteiger partial charge in [-0.3, -0.25) is 19.5 Å². The van der Waals surface area contributed by atoms with E-state index in [2.05, 4.69) is 26.3 Å². The summed E-state index contributed by atoms with van der Waals surface area (Å²) in [6.07, 6.45) is 0. The van der Waals surface area contributed by atoms with Crippen molar-refractivity contribution >= 4 is 35.9 Å². The van der Waals surface area contributed by atoms with Crippen LogP contribution < -0.4 is 15.8 Å². The first-order chi connectivity index (χ1) is 21.2. The van der Waals surface area contributed by atoms with Gasteiger partial charge in [0.05, 0.1) is 24.2 Å². The highest BCUT2D eigenvalue weighted by Gasteiger charge is 2.24. The number of nitrogen functional groups attached to an aromatic ring is 1. The van der Waals surface area contributed by atoms with E-state index in [0.29, 0.717) is 59.4 Å². The Kier molecular flexibility index (Phi) is 9.38. The van der Waals surface area contributed by atoms with Crippen LogP contribution in [0, 0.1) is 11.3 Å². The molecule has 5 rings (SSSR count). The Morgan fingerprint density at radius 3 is 2.36 bits per heavy atom. The van der Waals surface area contributed by atoms with Crippen LogP contribution in [0.5, 0.6) is 5.75 Å². The average Bonchev–Trinajstić information content (AvgIpc) is 3.04. The number of hydrogen-bond acceptors (Lipinski definition) is 10. The van der Waals surface area contributed by atoms with Gasteiger partial charge in [0, 0.05) is 56.5 Å². The summed E-state index contributed by atoms with van der Waals surface area (Å²) < 4.78 is 5.19. The number of nitrogens with zero attached hydrogens (tertiary/aromatic N) is 6. The maximum Gasteiger partial charge on any atom is 0.253 e. The second-order valence-electron chi connectivity index (χ2n) is 10.3. The molecule has 3 heterocycles. The summed E-state index contributed by atoms with van der Waals surface area (Å²) in [6, 6.07) is 22.0.